The van der Waals surface area contributed by atoms with Crippen LogP contribution in [-0.2, 0) is 16.9 Å². The second-order valence-corrected chi connectivity index (χ2v) is 9.18. The van der Waals surface area contributed by atoms with Crippen LogP contribution < -0.4 is 14.8 Å². The van der Waals surface area contributed by atoms with E-state index in [1.807, 2.05) is 19.1 Å². The molecule has 1 saturated heterocycles. The third-order valence-electron chi connectivity index (χ3n) is 7.26. The Kier molecular flexibility index (Phi) is 6.27. The standard InChI is InChI=1S/C28H26N4O5/c1-3-36-25-14-18(12-13-24(25)37-17-20-9-5-4-8-19(20)15-29)21-16-31(2)28(26(21)32(34)35)22-10-6-7-11-23(22)30-27(28)33/h4-14,21,26H,3,16-17H2,1-2H3,(H,30,33)/t21-,26-,28+/m0/s1. The summed E-state index contributed by atoms with van der Waals surface area (Å²) in [6, 6.07) is 20.6. The number of fused-ring (bicyclic) bond motifs is 2. The zero-order chi connectivity index (χ0) is 26.2. The minimum atomic E-state index is -1.41. The number of nitrogens with one attached hydrogen (secondary N) is 1. The lowest BCUT2D eigenvalue weighted by Crippen LogP contribution is -2.54. The molecule has 1 spiro atoms. The first-order valence-electron chi connectivity index (χ1n) is 12.0. The van der Waals surface area contributed by atoms with Crippen LogP contribution >= 0.6 is 0 Å². The van der Waals surface area contributed by atoms with Crippen molar-refractivity contribution in [3.8, 4) is 17.6 Å². The van der Waals surface area contributed by atoms with Crippen LogP contribution in [0.25, 0.3) is 0 Å². The number of amides is 1. The fourth-order valence-electron chi connectivity index (χ4n) is 5.63. The molecule has 0 aromatic heterocycles. The molecule has 3 aromatic rings. The van der Waals surface area contributed by atoms with Gasteiger partial charge in [0.15, 0.2) is 17.0 Å². The molecule has 2 heterocycles. The van der Waals surface area contributed by atoms with E-state index in [0.29, 0.717) is 47.0 Å². The number of benzene rings is 3. The first-order valence-corrected chi connectivity index (χ1v) is 12.0. The van der Waals surface area contributed by atoms with Gasteiger partial charge in [-0.05, 0) is 43.8 Å². The summed E-state index contributed by atoms with van der Waals surface area (Å²) in [4.78, 5) is 27.3. The summed E-state index contributed by atoms with van der Waals surface area (Å²) in [5.41, 5.74) is 1.77. The summed E-state index contributed by atoms with van der Waals surface area (Å²) in [5.74, 6) is -0.0246. The monoisotopic (exact) mass is 498 g/mol. The van der Waals surface area contributed by atoms with Gasteiger partial charge in [-0.15, -0.1) is 0 Å². The number of para-hydroxylation sites is 1. The largest absolute Gasteiger partial charge is 0.490 e. The van der Waals surface area contributed by atoms with Crippen molar-refractivity contribution in [1.29, 1.82) is 5.26 Å². The van der Waals surface area contributed by atoms with Gasteiger partial charge in [-0.25, -0.2) is 0 Å². The molecule has 2 aliphatic heterocycles. The normalized spacial score (nSPS) is 22.4. The molecule has 0 aliphatic carbocycles. The van der Waals surface area contributed by atoms with Gasteiger partial charge in [0.05, 0.1) is 24.2 Å². The third-order valence-corrected chi connectivity index (χ3v) is 7.26. The van der Waals surface area contributed by atoms with E-state index in [0.717, 1.165) is 5.56 Å². The van der Waals surface area contributed by atoms with E-state index in [1.54, 1.807) is 66.5 Å². The van der Waals surface area contributed by atoms with Gasteiger partial charge in [-0.3, -0.25) is 19.8 Å². The molecule has 188 valence electrons. The molecule has 37 heavy (non-hydrogen) atoms. The Morgan fingerprint density at radius 2 is 1.89 bits per heavy atom. The van der Waals surface area contributed by atoms with Gasteiger partial charge >= 0.3 is 0 Å². The summed E-state index contributed by atoms with van der Waals surface area (Å²) in [5, 5.41) is 24.8. The molecular weight excluding hydrogens is 472 g/mol. The van der Waals surface area contributed by atoms with E-state index in [9.17, 15) is 20.2 Å². The van der Waals surface area contributed by atoms with Gasteiger partial charge in [0, 0.05) is 28.3 Å². The molecule has 9 nitrogen and oxygen atoms in total. The quantitative estimate of drug-likeness (QED) is 0.386. The van der Waals surface area contributed by atoms with Gasteiger partial charge in [-0.1, -0.05) is 42.5 Å². The number of carbonyl (C=O) groups is 1. The van der Waals surface area contributed by atoms with Crippen molar-refractivity contribution in [3.05, 3.63) is 99.1 Å². The van der Waals surface area contributed by atoms with Gasteiger partial charge in [0.25, 0.3) is 11.9 Å². The number of carbonyl (C=O) groups excluding carboxylic acids is 1. The molecule has 3 aromatic carbocycles. The zero-order valence-electron chi connectivity index (χ0n) is 20.5. The molecule has 0 unspecified atom stereocenters. The Balaban J connectivity index is 1.50. The SMILES string of the molecule is CCOc1cc([C@@H]2CN(C)[C@@]3(C(=O)Nc4ccccc43)[C@H]2[N+](=O)[O-])ccc1OCc1ccccc1C#N. The number of hydrogen-bond donors (Lipinski definition) is 1. The number of ether oxygens (including phenoxy) is 2. The van der Waals surface area contributed by atoms with E-state index in [4.69, 9.17) is 9.47 Å². The van der Waals surface area contributed by atoms with Gasteiger partial charge in [-0.2, -0.15) is 5.26 Å². The van der Waals surface area contributed by atoms with Crippen LogP contribution in [0.1, 0.15) is 35.1 Å². The summed E-state index contributed by atoms with van der Waals surface area (Å²) >= 11 is 0. The van der Waals surface area contributed by atoms with Crippen LogP contribution in [0.15, 0.2) is 66.7 Å². The highest BCUT2D eigenvalue weighted by molar-refractivity contribution is 6.06. The third kappa shape index (κ3) is 3.86. The van der Waals surface area contributed by atoms with E-state index in [-0.39, 0.29) is 17.4 Å². The van der Waals surface area contributed by atoms with Crippen LogP contribution in [0.4, 0.5) is 5.69 Å². The van der Waals surface area contributed by atoms with Crippen LogP contribution in [0, 0.1) is 21.4 Å². The highest BCUT2D eigenvalue weighted by Gasteiger charge is 2.68. The molecule has 0 radical (unpaired) electrons. The van der Waals surface area contributed by atoms with Gasteiger partial charge in [0.1, 0.15) is 6.61 Å². The first-order chi connectivity index (χ1) is 17.9. The van der Waals surface area contributed by atoms with Crippen molar-refractivity contribution >= 4 is 11.6 Å². The fraction of sp³-hybridized carbons (Fsp3) is 0.286. The summed E-state index contributed by atoms with van der Waals surface area (Å²) in [7, 11) is 1.76. The molecule has 3 atom stereocenters. The summed E-state index contributed by atoms with van der Waals surface area (Å²) in [6.45, 7) is 2.71. The second kappa shape index (κ2) is 9.56. The zero-order valence-corrected chi connectivity index (χ0v) is 20.5. The van der Waals surface area contributed by atoms with Crippen molar-refractivity contribution in [1.82, 2.24) is 4.90 Å². The number of likely N-dealkylation sites (N-methyl/N-ethyl adjacent to an activating group) is 1. The molecule has 1 N–H and O–H groups in total. The Hall–Kier alpha value is -4.42. The Morgan fingerprint density at radius 1 is 1.14 bits per heavy atom. The lowest BCUT2D eigenvalue weighted by Gasteiger charge is -2.30. The highest BCUT2D eigenvalue weighted by Crippen LogP contribution is 2.52. The predicted molar refractivity (Wildman–Crippen MR) is 136 cm³/mol. The summed E-state index contributed by atoms with van der Waals surface area (Å²) < 4.78 is 11.9. The average molecular weight is 499 g/mol. The second-order valence-electron chi connectivity index (χ2n) is 9.18. The molecule has 1 amide bonds. The number of likely N-dealkylation sites (tertiary alicyclic amines) is 1. The molecule has 0 bridgehead atoms. The number of hydrogen-bond acceptors (Lipinski definition) is 7. The first kappa shape index (κ1) is 24.3. The van der Waals surface area contributed by atoms with Crippen molar-refractivity contribution in [2.45, 2.75) is 31.0 Å². The van der Waals surface area contributed by atoms with Crippen molar-refractivity contribution < 1.29 is 19.2 Å². The van der Waals surface area contributed by atoms with Crippen molar-refractivity contribution in [2.24, 2.45) is 0 Å². The van der Waals surface area contributed by atoms with Gasteiger partial charge in [0.2, 0.25) is 0 Å². The number of rotatable bonds is 7. The topological polar surface area (TPSA) is 118 Å². The smallest absolute Gasteiger partial charge is 0.256 e. The van der Waals surface area contributed by atoms with Crippen LogP contribution in [0.2, 0.25) is 0 Å². The maximum atomic E-state index is 13.3. The maximum Gasteiger partial charge on any atom is 0.256 e. The lowest BCUT2D eigenvalue weighted by atomic mass is 9.79. The number of nitrogens with zero attached hydrogens (tertiary/aromatic N) is 3. The highest BCUT2D eigenvalue weighted by atomic mass is 16.6. The number of anilines is 1. The van der Waals surface area contributed by atoms with Crippen molar-refractivity contribution in [2.75, 3.05) is 25.5 Å². The molecular formula is C28H26N4O5. The average Bonchev–Trinajstić information content (AvgIpc) is 3.38. The maximum absolute atomic E-state index is 13.3. The Morgan fingerprint density at radius 3 is 2.65 bits per heavy atom. The summed E-state index contributed by atoms with van der Waals surface area (Å²) in [6.07, 6.45) is 0. The molecule has 9 heteroatoms. The lowest BCUT2D eigenvalue weighted by molar-refractivity contribution is -0.534. The van der Waals surface area contributed by atoms with Gasteiger partial charge < -0.3 is 14.8 Å². The van der Waals surface area contributed by atoms with E-state index >= 15 is 0 Å². The Labute approximate surface area is 214 Å². The minimum Gasteiger partial charge on any atom is -0.490 e. The van der Waals surface area contributed by atoms with E-state index in [1.165, 1.54) is 0 Å². The number of nitriles is 1. The van der Waals surface area contributed by atoms with E-state index in [2.05, 4.69) is 11.4 Å². The minimum absolute atomic E-state index is 0.174. The van der Waals surface area contributed by atoms with Crippen molar-refractivity contribution in [3.63, 3.8) is 0 Å². The Bertz CT molecular complexity index is 1420. The number of nitro groups is 1. The predicted octanol–water partition coefficient (Wildman–Crippen LogP) is 4.06. The molecule has 1 fully saturated rings. The van der Waals surface area contributed by atoms with Crippen LogP contribution in [-0.4, -0.2) is 42.0 Å². The van der Waals surface area contributed by atoms with Crippen LogP contribution in [0.3, 0.4) is 0 Å². The molecule has 0 saturated carbocycles. The van der Waals surface area contributed by atoms with Crippen LogP contribution in [0.5, 0.6) is 11.5 Å². The van der Waals surface area contributed by atoms with E-state index < -0.39 is 17.5 Å². The fourth-order valence-corrected chi connectivity index (χ4v) is 5.63. The molecule has 2 aliphatic rings. The molecule has 5 rings (SSSR count).